The summed E-state index contributed by atoms with van der Waals surface area (Å²) in [6.07, 6.45) is 3.02. The van der Waals surface area contributed by atoms with Crippen LogP contribution in [0.1, 0.15) is 31.7 Å². The van der Waals surface area contributed by atoms with Gasteiger partial charge in [-0.05, 0) is 56.0 Å². The average Bonchev–Trinajstić information content (AvgIpc) is 2.85. The summed E-state index contributed by atoms with van der Waals surface area (Å²) in [5, 5.41) is 3.26. The fourth-order valence-electron chi connectivity index (χ4n) is 4.34. The Bertz CT molecular complexity index is 1320. The molecule has 1 aliphatic heterocycles. The molecule has 0 radical (unpaired) electrons. The summed E-state index contributed by atoms with van der Waals surface area (Å²) in [6, 6.07) is 13.3. The van der Waals surface area contributed by atoms with Gasteiger partial charge in [0.15, 0.2) is 0 Å². The number of carbonyl (C=O) groups is 2. The molecule has 2 amide bonds. The molecule has 1 atom stereocenters. The molecule has 3 aromatic rings. The molecule has 0 bridgehead atoms. The van der Waals surface area contributed by atoms with Gasteiger partial charge in [-0.2, -0.15) is 0 Å². The molecule has 2 aromatic carbocycles. The van der Waals surface area contributed by atoms with E-state index in [-0.39, 0.29) is 19.0 Å². The third-order valence-corrected chi connectivity index (χ3v) is 6.36. The van der Waals surface area contributed by atoms with E-state index in [4.69, 9.17) is 11.6 Å². The van der Waals surface area contributed by atoms with Crippen LogP contribution < -0.4 is 16.4 Å². The largest absolute Gasteiger partial charge is 0.343 e. The van der Waals surface area contributed by atoms with Crippen molar-refractivity contribution in [2.24, 2.45) is 0 Å². The molecule has 4 rings (SSSR count). The molecule has 1 fully saturated rings. The Hall–Kier alpha value is -3.39. The van der Waals surface area contributed by atoms with E-state index in [1.165, 1.54) is 9.13 Å². The highest BCUT2D eigenvalue weighted by Gasteiger charge is 2.24. The molecular weight excluding hydrogens is 456 g/mol. The number of aromatic nitrogens is 2. The Kier molecular flexibility index (Phi) is 7.17. The Morgan fingerprint density at radius 2 is 1.50 bits per heavy atom. The van der Waals surface area contributed by atoms with Crippen molar-refractivity contribution >= 4 is 34.4 Å². The van der Waals surface area contributed by atoms with Gasteiger partial charge in [-0.3, -0.25) is 28.3 Å². The van der Waals surface area contributed by atoms with Crippen molar-refractivity contribution in [2.45, 2.75) is 45.3 Å². The molecule has 0 unspecified atom stereocenters. The lowest BCUT2D eigenvalue weighted by atomic mass is 10.1. The zero-order chi connectivity index (χ0) is 24.2. The maximum absolute atomic E-state index is 13.0. The van der Waals surface area contributed by atoms with Gasteiger partial charge < -0.3 is 10.2 Å². The smallest absolute Gasteiger partial charge is 0.317 e. The highest BCUT2D eigenvalue weighted by molar-refractivity contribution is 6.30. The first kappa shape index (κ1) is 23.8. The first-order valence-electron chi connectivity index (χ1n) is 11.4. The maximum atomic E-state index is 13.0. The van der Waals surface area contributed by atoms with Crippen molar-refractivity contribution in [1.29, 1.82) is 0 Å². The summed E-state index contributed by atoms with van der Waals surface area (Å²) < 4.78 is 2.57. The molecule has 8 nitrogen and oxygen atoms in total. The van der Waals surface area contributed by atoms with Crippen molar-refractivity contribution in [3.63, 3.8) is 0 Å². The van der Waals surface area contributed by atoms with Crippen LogP contribution in [0.3, 0.4) is 0 Å². The van der Waals surface area contributed by atoms with Crippen LogP contribution in [-0.2, 0) is 22.7 Å². The normalized spacial score (nSPS) is 14.7. The van der Waals surface area contributed by atoms with Crippen LogP contribution in [0, 0.1) is 0 Å². The summed E-state index contributed by atoms with van der Waals surface area (Å²) in [7, 11) is 0. The van der Waals surface area contributed by atoms with Crippen LogP contribution in [0.4, 0.5) is 0 Å². The summed E-state index contributed by atoms with van der Waals surface area (Å²) >= 11 is 5.95. The number of hydrogen-bond donors (Lipinski definition) is 1. The maximum Gasteiger partial charge on any atom is 0.317 e. The number of halogens is 1. The van der Waals surface area contributed by atoms with Gasteiger partial charge in [0.05, 0.1) is 17.6 Å². The highest BCUT2D eigenvalue weighted by atomic mass is 35.5. The quantitative estimate of drug-likeness (QED) is 0.546. The van der Waals surface area contributed by atoms with E-state index >= 15 is 0 Å². The van der Waals surface area contributed by atoms with E-state index in [2.05, 4.69) is 5.32 Å². The van der Waals surface area contributed by atoms with Gasteiger partial charge in [0.25, 0.3) is 0 Å². The van der Waals surface area contributed by atoms with Gasteiger partial charge in [-0.25, -0.2) is 0 Å². The van der Waals surface area contributed by atoms with E-state index in [0.29, 0.717) is 29.1 Å². The molecule has 1 aromatic heterocycles. The molecule has 0 spiro atoms. The van der Waals surface area contributed by atoms with Gasteiger partial charge in [0, 0.05) is 18.1 Å². The molecule has 2 heterocycles. The summed E-state index contributed by atoms with van der Waals surface area (Å²) in [5.41, 5.74) is 0.298. The standard InChI is InChI=1S/C25H27ClN4O4/c1-17(23(32)28-13-5-2-6-14-28)27-22(31)16-30-21-8-4-3-7-20(21)29(24(33)25(30)34)15-18-9-11-19(26)12-10-18/h3-4,7-12,17H,2,5-6,13-16H2,1H3,(H,27,31)/t17-/m0/s1. The Morgan fingerprint density at radius 3 is 2.15 bits per heavy atom. The predicted octanol–water partition coefficient (Wildman–Crippen LogP) is 2.38. The molecule has 34 heavy (non-hydrogen) atoms. The summed E-state index contributed by atoms with van der Waals surface area (Å²) in [5.74, 6) is -0.636. The number of nitrogens with zero attached hydrogens (tertiary/aromatic N) is 3. The fourth-order valence-corrected chi connectivity index (χ4v) is 4.46. The van der Waals surface area contributed by atoms with Gasteiger partial charge in [0.1, 0.15) is 12.6 Å². The van der Waals surface area contributed by atoms with Crippen LogP contribution >= 0.6 is 11.6 Å². The van der Waals surface area contributed by atoms with E-state index in [1.807, 2.05) is 0 Å². The van der Waals surface area contributed by atoms with Gasteiger partial charge >= 0.3 is 11.1 Å². The number of rotatable bonds is 6. The van der Waals surface area contributed by atoms with Crippen LogP contribution in [0.5, 0.6) is 0 Å². The zero-order valence-electron chi connectivity index (χ0n) is 19.0. The van der Waals surface area contributed by atoms with Crippen molar-refractivity contribution in [3.05, 3.63) is 79.8 Å². The summed E-state index contributed by atoms with van der Waals surface area (Å²) in [6.45, 7) is 2.86. The molecule has 0 aliphatic carbocycles. The second-order valence-electron chi connectivity index (χ2n) is 8.57. The number of hydrogen-bond acceptors (Lipinski definition) is 4. The van der Waals surface area contributed by atoms with Crippen molar-refractivity contribution < 1.29 is 9.59 Å². The molecule has 9 heteroatoms. The lowest BCUT2D eigenvalue weighted by molar-refractivity contribution is -0.136. The number of piperidine rings is 1. The van der Waals surface area contributed by atoms with Crippen LogP contribution in [-0.4, -0.2) is 45.0 Å². The second kappa shape index (κ2) is 10.3. The zero-order valence-corrected chi connectivity index (χ0v) is 19.8. The number of carbonyl (C=O) groups excluding carboxylic acids is 2. The molecule has 1 saturated heterocycles. The highest BCUT2D eigenvalue weighted by Crippen LogP contribution is 2.15. The van der Waals surface area contributed by atoms with Crippen LogP contribution in [0.25, 0.3) is 11.0 Å². The number of benzene rings is 2. The lowest BCUT2D eigenvalue weighted by Gasteiger charge is -2.29. The van der Waals surface area contributed by atoms with Gasteiger partial charge in [-0.1, -0.05) is 35.9 Å². The topological polar surface area (TPSA) is 93.4 Å². The number of amides is 2. The molecule has 0 saturated carbocycles. The van der Waals surface area contributed by atoms with E-state index in [1.54, 1.807) is 60.4 Å². The SMILES string of the molecule is C[C@H](NC(=O)Cn1c(=O)c(=O)n(Cc2ccc(Cl)cc2)c2ccccc21)C(=O)N1CCCCC1. The average molecular weight is 483 g/mol. The molecule has 1 N–H and O–H groups in total. The minimum atomic E-state index is -0.794. The van der Waals surface area contributed by atoms with Crippen molar-refractivity contribution in [1.82, 2.24) is 19.4 Å². The molecule has 1 aliphatic rings. The van der Waals surface area contributed by atoms with E-state index < -0.39 is 23.1 Å². The second-order valence-corrected chi connectivity index (χ2v) is 9.01. The monoisotopic (exact) mass is 482 g/mol. The molecular formula is C25H27ClN4O4. The van der Waals surface area contributed by atoms with Gasteiger partial charge in [0.2, 0.25) is 11.8 Å². The number of likely N-dealkylation sites (tertiary alicyclic amines) is 1. The minimum absolute atomic E-state index is 0.136. The van der Waals surface area contributed by atoms with Crippen LogP contribution in [0.2, 0.25) is 5.02 Å². The van der Waals surface area contributed by atoms with Crippen LogP contribution in [0.15, 0.2) is 58.1 Å². The number of para-hydroxylation sites is 2. The Labute approximate surface area is 201 Å². The van der Waals surface area contributed by atoms with E-state index in [0.717, 1.165) is 24.8 Å². The minimum Gasteiger partial charge on any atom is -0.343 e. The first-order valence-corrected chi connectivity index (χ1v) is 11.8. The van der Waals surface area contributed by atoms with Gasteiger partial charge in [-0.15, -0.1) is 0 Å². The fraction of sp³-hybridized carbons (Fsp3) is 0.360. The Morgan fingerprint density at radius 1 is 0.912 bits per heavy atom. The third-order valence-electron chi connectivity index (χ3n) is 6.11. The number of fused-ring (bicyclic) bond motifs is 1. The third kappa shape index (κ3) is 5.07. The predicted molar refractivity (Wildman–Crippen MR) is 131 cm³/mol. The van der Waals surface area contributed by atoms with Crippen molar-refractivity contribution in [2.75, 3.05) is 13.1 Å². The van der Waals surface area contributed by atoms with Crippen molar-refractivity contribution in [3.8, 4) is 0 Å². The molecule has 178 valence electrons. The lowest BCUT2D eigenvalue weighted by Crippen LogP contribution is -2.50. The number of nitrogens with one attached hydrogen (secondary N) is 1. The first-order chi connectivity index (χ1) is 16.3. The summed E-state index contributed by atoms with van der Waals surface area (Å²) in [4.78, 5) is 53.2. The Balaban J connectivity index is 1.59. The van der Waals surface area contributed by atoms with E-state index in [9.17, 15) is 19.2 Å².